The second kappa shape index (κ2) is 9.83. The van der Waals surface area contributed by atoms with Crippen LogP contribution in [0.3, 0.4) is 0 Å². The molecule has 140 valence electrons. The van der Waals surface area contributed by atoms with Crippen molar-refractivity contribution in [3.8, 4) is 0 Å². The molecule has 1 aromatic carbocycles. The van der Waals surface area contributed by atoms with Crippen LogP contribution < -0.4 is 16.4 Å². The van der Waals surface area contributed by atoms with Crippen molar-refractivity contribution < 1.29 is 19.1 Å². The molecule has 0 unspecified atom stereocenters. The number of halogens is 1. The van der Waals surface area contributed by atoms with Gasteiger partial charge < -0.3 is 21.5 Å². The monoisotopic (exact) mass is 380 g/mol. The average molecular weight is 380 g/mol. The van der Waals surface area contributed by atoms with Crippen LogP contribution in [0.2, 0.25) is 0 Å². The molecular weight excluding hydrogens is 359 g/mol. The van der Waals surface area contributed by atoms with Crippen LogP contribution in [-0.2, 0) is 16.2 Å². The molecule has 7 nitrogen and oxygen atoms in total. The normalized spacial score (nSPS) is 10.5. The molecule has 1 heterocycles. The van der Waals surface area contributed by atoms with Crippen LogP contribution in [-0.4, -0.2) is 21.9 Å². The molecule has 2 rings (SSSR count). The Morgan fingerprint density at radius 3 is 2.46 bits per heavy atom. The molecule has 0 atom stereocenters. The smallest absolute Gasteiger partial charge is 0.226 e. The van der Waals surface area contributed by atoms with Crippen LogP contribution in [0.15, 0.2) is 23.6 Å². The van der Waals surface area contributed by atoms with E-state index in [1.165, 1.54) is 23.5 Å². The number of benzene rings is 1. The zero-order valence-electron chi connectivity index (χ0n) is 14.1. The van der Waals surface area contributed by atoms with E-state index in [0.717, 1.165) is 12.5 Å². The number of unbranched alkanes of at least 4 members (excludes halogenated alkanes) is 2. The molecule has 0 aliphatic carbocycles. The number of nitrogens with two attached hydrogens (primary N) is 1. The van der Waals surface area contributed by atoms with Crippen LogP contribution in [0.25, 0.3) is 0 Å². The van der Waals surface area contributed by atoms with Crippen LogP contribution >= 0.6 is 11.3 Å². The van der Waals surface area contributed by atoms with Crippen LogP contribution in [0.4, 0.5) is 20.9 Å². The number of aliphatic hydroxyl groups is 1. The summed E-state index contributed by atoms with van der Waals surface area (Å²) >= 11 is 1.26. The van der Waals surface area contributed by atoms with E-state index in [1.807, 2.05) is 0 Å². The van der Waals surface area contributed by atoms with Crippen molar-refractivity contribution in [2.45, 2.75) is 38.7 Å². The van der Waals surface area contributed by atoms with Gasteiger partial charge in [0, 0.05) is 18.2 Å². The number of nitrogen functional groups attached to an aromatic ring is 1. The maximum absolute atomic E-state index is 13.0. The summed E-state index contributed by atoms with van der Waals surface area (Å²) in [6.07, 6.45) is 2.63. The van der Waals surface area contributed by atoms with E-state index in [2.05, 4.69) is 15.6 Å². The number of thiazole rings is 1. The first kappa shape index (κ1) is 19.8. The van der Waals surface area contributed by atoms with Gasteiger partial charge in [-0.3, -0.25) is 9.59 Å². The van der Waals surface area contributed by atoms with E-state index in [1.54, 1.807) is 5.38 Å². The summed E-state index contributed by atoms with van der Waals surface area (Å²) in [5.74, 6) is -0.802. The van der Waals surface area contributed by atoms with Crippen molar-refractivity contribution in [1.29, 1.82) is 0 Å². The first-order chi connectivity index (χ1) is 12.5. The fourth-order valence-electron chi connectivity index (χ4n) is 2.23. The van der Waals surface area contributed by atoms with Crippen LogP contribution in [0.1, 0.15) is 37.8 Å². The molecule has 0 radical (unpaired) electrons. The van der Waals surface area contributed by atoms with Gasteiger partial charge in [0.05, 0.1) is 23.7 Å². The highest BCUT2D eigenvalue weighted by Gasteiger charge is 2.08. The van der Waals surface area contributed by atoms with E-state index in [-0.39, 0.29) is 24.1 Å². The van der Waals surface area contributed by atoms with E-state index in [0.29, 0.717) is 42.2 Å². The maximum Gasteiger partial charge on any atom is 0.226 e. The lowest BCUT2D eigenvalue weighted by molar-refractivity contribution is -0.116. The Morgan fingerprint density at radius 2 is 1.85 bits per heavy atom. The first-order valence-corrected chi connectivity index (χ1v) is 9.06. The number of carbonyl (C=O) groups excluding carboxylic acids is 2. The molecule has 0 bridgehead atoms. The Balaban J connectivity index is 1.60. The van der Waals surface area contributed by atoms with Gasteiger partial charge in [-0.2, -0.15) is 0 Å². The van der Waals surface area contributed by atoms with Crippen molar-refractivity contribution >= 4 is 39.7 Å². The molecule has 0 fully saturated rings. The average Bonchev–Trinajstić information content (AvgIpc) is 3.04. The molecule has 2 amide bonds. The number of aliphatic hydroxyl groups excluding tert-OH is 1. The van der Waals surface area contributed by atoms with Gasteiger partial charge in [-0.1, -0.05) is 6.42 Å². The van der Waals surface area contributed by atoms with Crippen molar-refractivity contribution in [2.24, 2.45) is 0 Å². The highest BCUT2D eigenvalue weighted by molar-refractivity contribution is 7.13. The van der Waals surface area contributed by atoms with Crippen LogP contribution in [0, 0.1) is 5.82 Å². The molecule has 0 saturated heterocycles. The van der Waals surface area contributed by atoms with Crippen molar-refractivity contribution in [3.05, 3.63) is 35.1 Å². The minimum absolute atomic E-state index is 0.146. The molecule has 9 heteroatoms. The lowest BCUT2D eigenvalue weighted by Gasteiger charge is -2.08. The van der Waals surface area contributed by atoms with Gasteiger partial charge in [0.15, 0.2) is 5.13 Å². The van der Waals surface area contributed by atoms with Crippen molar-refractivity contribution in [2.75, 3.05) is 16.4 Å². The van der Waals surface area contributed by atoms with Crippen molar-refractivity contribution in [1.82, 2.24) is 4.98 Å². The third-order valence-corrected chi connectivity index (χ3v) is 4.36. The molecule has 2 aromatic rings. The standard InChI is InChI=1S/C17H21FN4O3S/c18-11-6-7-14(13(19)8-11)21-15(24)4-2-1-3-5-16(25)22-17-20-12(9-23)10-26-17/h6-8,10,23H,1-5,9,19H2,(H,21,24)(H,20,22,25). The van der Waals surface area contributed by atoms with E-state index >= 15 is 0 Å². The second-order valence-corrected chi connectivity index (χ2v) is 6.55. The summed E-state index contributed by atoms with van der Waals surface area (Å²) in [4.78, 5) is 27.7. The number of hydrogen-bond donors (Lipinski definition) is 4. The minimum Gasteiger partial charge on any atom is -0.397 e. The number of anilines is 3. The Hall–Kier alpha value is -2.52. The van der Waals surface area contributed by atoms with Gasteiger partial charge in [-0.05, 0) is 31.0 Å². The predicted molar refractivity (Wildman–Crippen MR) is 99.2 cm³/mol. The number of amides is 2. The number of nitrogens with zero attached hydrogens (tertiary/aromatic N) is 1. The summed E-state index contributed by atoms with van der Waals surface area (Å²) in [6, 6.07) is 3.81. The third kappa shape index (κ3) is 6.41. The number of rotatable bonds is 9. The Morgan fingerprint density at radius 1 is 1.15 bits per heavy atom. The summed E-state index contributed by atoms with van der Waals surface area (Å²) < 4.78 is 13.0. The summed E-state index contributed by atoms with van der Waals surface area (Å²) in [5, 5.41) is 16.4. The largest absolute Gasteiger partial charge is 0.397 e. The molecule has 1 aromatic heterocycles. The maximum atomic E-state index is 13.0. The van der Waals surface area contributed by atoms with Crippen LogP contribution in [0.5, 0.6) is 0 Å². The number of aromatic nitrogens is 1. The number of hydrogen-bond acceptors (Lipinski definition) is 6. The Kier molecular flexibility index (Phi) is 7.49. The van der Waals surface area contributed by atoms with Gasteiger partial charge in [-0.15, -0.1) is 11.3 Å². The molecule has 0 aliphatic heterocycles. The zero-order valence-corrected chi connectivity index (χ0v) is 14.9. The van der Waals surface area contributed by atoms with E-state index in [4.69, 9.17) is 10.8 Å². The van der Waals surface area contributed by atoms with E-state index in [9.17, 15) is 14.0 Å². The van der Waals surface area contributed by atoms with E-state index < -0.39 is 5.82 Å². The Bertz CT molecular complexity index is 766. The molecule has 0 aliphatic rings. The lowest BCUT2D eigenvalue weighted by atomic mass is 10.1. The third-order valence-electron chi connectivity index (χ3n) is 3.56. The SMILES string of the molecule is Nc1cc(F)ccc1NC(=O)CCCCCC(=O)Nc1nc(CO)cs1. The quantitative estimate of drug-likeness (QED) is 0.394. The molecule has 26 heavy (non-hydrogen) atoms. The minimum atomic E-state index is -0.455. The van der Waals surface area contributed by atoms with Gasteiger partial charge in [0.2, 0.25) is 11.8 Å². The summed E-state index contributed by atoms with van der Waals surface area (Å²) in [7, 11) is 0. The van der Waals surface area contributed by atoms with Crippen molar-refractivity contribution in [3.63, 3.8) is 0 Å². The van der Waals surface area contributed by atoms with Gasteiger partial charge in [-0.25, -0.2) is 9.37 Å². The summed E-state index contributed by atoms with van der Waals surface area (Å²) in [5.41, 5.74) is 6.73. The molecular formula is C17H21FN4O3S. The van der Waals surface area contributed by atoms with Gasteiger partial charge in [0.1, 0.15) is 5.82 Å². The molecule has 5 N–H and O–H groups in total. The zero-order chi connectivity index (χ0) is 18.9. The fourth-order valence-corrected chi connectivity index (χ4v) is 2.94. The molecule has 0 spiro atoms. The second-order valence-electron chi connectivity index (χ2n) is 5.69. The lowest BCUT2D eigenvalue weighted by Crippen LogP contribution is -2.13. The number of carbonyl (C=O) groups is 2. The first-order valence-electron chi connectivity index (χ1n) is 8.18. The Labute approximate surface area is 154 Å². The topological polar surface area (TPSA) is 117 Å². The molecule has 0 saturated carbocycles. The number of nitrogens with one attached hydrogen (secondary N) is 2. The van der Waals surface area contributed by atoms with Gasteiger partial charge in [0.25, 0.3) is 0 Å². The highest BCUT2D eigenvalue weighted by atomic mass is 32.1. The predicted octanol–water partition coefficient (Wildman–Crippen LogP) is 2.88. The fraction of sp³-hybridized carbons (Fsp3) is 0.353. The highest BCUT2D eigenvalue weighted by Crippen LogP contribution is 2.20. The van der Waals surface area contributed by atoms with Gasteiger partial charge >= 0.3 is 0 Å². The summed E-state index contributed by atoms with van der Waals surface area (Å²) in [6.45, 7) is -0.155.